The summed E-state index contributed by atoms with van der Waals surface area (Å²) >= 11 is 1.55. The van der Waals surface area contributed by atoms with Crippen molar-refractivity contribution in [3.05, 3.63) is 51.7 Å². The molecule has 0 aliphatic rings. The molecule has 0 unspecified atom stereocenters. The lowest BCUT2D eigenvalue weighted by molar-refractivity contribution is 0.318. The van der Waals surface area contributed by atoms with Gasteiger partial charge in [0.2, 0.25) is 0 Å². The number of halogens is 1. The van der Waals surface area contributed by atoms with Crippen molar-refractivity contribution < 1.29 is 9.60 Å². The van der Waals surface area contributed by atoms with E-state index < -0.39 is 5.82 Å². The molecule has 7 heteroatoms. The number of thiazole rings is 1. The van der Waals surface area contributed by atoms with Crippen LogP contribution in [0.5, 0.6) is 0 Å². The molecule has 4 N–H and O–H groups in total. The van der Waals surface area contributed by atoms with Crippen LogP contribution in [0.3, 0.4) is 0 Å². The summed E-state index contributed by atoms with van der Waals surface area (Å²) in [5.41, 5.74) is 5.94. The Morgan fingerprint density at radius 3 is 2.86 bits per heavy atom. The van der Waals surface area contributed by atoms with Gasteiger partial charge < -0.3 is 16.3 Å². The summed E-state index contributed by atoms with van der Waals surface area (Å²) in [6.07, 6.45) is 1.75. The van der Waals surface area contributed by atoms with Gasteiger partial charge in [-0.3, -0.25) is 0 Å². The number of amidine groups is 1. The van der Waals surface area contributed by atoms with Crippen LogP contribution in [0.15, 0.2) is 34.9 Å². The third-order valence-electron chi connectivity index (χ3n) is 3.14. The summed E-state index contributed by atoms with van der Waals surface area (Å²) in [4.78, 5) is 4.27. The second-order valence-electron chi connectivity index (χ2n) is 5.11. The summed E-state index contributed by atoms with van der Waals surface area (Å²) in [5, 5.41) is 17.6. The molecule has 5 nitrogen and oxygen atoms in total. The summed E-state index contributed by atoms with van der Waals surface area (Å²) in [5.74, 6) is -0.516. The van der Waals surface area contributed by atoms with Crippen molar-refractivity contribution in [3.63, 3.8) is 0 Å². The van der Waals surface area contributed by atoms with Gasteiger partial charge in [0.15, 0.2) is 5.84 Å². The molecule has 0 aliphatic carbocycles. The van der Waals surface area contributed by atoms with Gasteiger partial charge in [-0.1, -0.05) is 17.3 Å². The number of oxime groups is 1. The van der Waals surface area contributed by atoms with Crippen LogP contribution in [0, 0.1) is 5.82 Å². The third kappa shape index (κ3) is 3.56. The number of hydrogen-bond donors (Lipinski definition) is 3. The highest BCUT2D eigenvalue weighted by molar-refractivity contribution is 7.09. The van der Waals surface area contributed by atoms with Crippen molar-refractivity contribution >= 4 is 17.2 Å². The first-order valence-electron chi connectivity index (χ1n) is 6.35. The number of aromatic nitrogens is 1. The van der Waals surface area contributed by atoms with E-state index in [1.807, 2.05) is 19.2 Å². The molecule has 2 aromatic rings. The average molecular weight is 308 g/mol. The molecule has 0 aliphatic heterocycles. The van der Waals surface area contributed by atoms with Crippen molar-refractivity contribution in [2.45, 2.75) is 25.9 Å². The van der Waals surface area contributed by atoms with Gasteiger partial charge in [-0.05, 0) is 19.9 Å². The lowest BCUT2D eigenvalue weighted by Crippen LogP contribution is -2.36. The minimum absolute atomic E-state index is 0.114. The van der Waals surface area contributed by atoms with Gasteiger partial charge >= 0.3 is 0 Å². The monoisotopic (exact) mass is 308 g/mol. The van der Waals surface area contributed by atoms with Crippen molar-refractivity contribution in [2.24, 2.45) is 10.9 Å². The van der Waals surface area contributed by atoms with E-state index in [0.717, 1.165) is 5.01 Å². The molecular weight excluding hydrogens is 291 g/mol. The highest BCUT2D eigenvalue weighted by atomic mass is 32.1. The van der Waals surface area contributed by atoms with E-state index in [1.54, 1.807) is 29.7 Å². The quantitative estimate of drug-likeness (QED) is 0.343. The molecule has 0 bridgehead atoms. The molecule has 21 heavy (non-hydrogen) atoms. The molecular formula is C14H17FN4OS. The Hall–Kier alpha value is -1.99. The van der Waals surface area contributed by atoms with Gasteiger partial charge in [-0.25, -0.2) is 9.37 Å². The molecule has 112 valence electrons. The van der Waals surface area contributed by atoms with E-state index in [-0.39, 0.29) is 11.4 Å². The lowest BCUT2D eigenvalue weighted by atomic mass is 10.1. The van der Waals surface area contributed by atoms with Gasteiger partial charge in [0.1, 0.15) is 10.8 Å². The Morgan fingerprint density at radius 1 is 1.52 bits per heavy atom. The van der Waals surface area contributed by atoms with Gasteiger partial charge in [0, 0.05) is 29.2 Å². The molecule has 0 radical (unpaired) electrons. The fraction of sp³-hybridized carbons (Fsp3) is 0.286. The highest BCUT2D eigenvalue weighted by Crippen LogP contribution is 2.23. The predicted molar refractivity (Wildman–Crippen MR) is 80.9 cm³/mol. The fourth-order valence-corrected chi connectivity index (χ4v) is 2.57. The first-order chi connectivity index (χ1) is 9.94. The molecule has 0 atom stereocenters. The van der Waals surface area contributed by atoms with E-state index in [2.05, 4.69) is 15.5 Å². The van der Waals surface area contributed by atoms with E-state index in [4.69, 9.17) is 10.9 Å². The highest BCUT2D eigenvalue weighted by Gasteiger charge is 2.22. The van der Waals surface area contributed by atoms with Crippen LogP contribution in [0.4, 0.5) is 4.39 Å². The minimum atomic E-state index is -0.401. The Kier molecular flexibility index (Phi) is 4.54. The Balaban J connectivity index is 2.10. The van der Waals surface area contributed by atoms with E-state index >= 15 is 0 Å². The molecule has 0 fully saturated rings. The zero-order valence-corrected chi connectivity index (χ0v) is 12.6. The molecule has 0 amide bonds. The second-order valence-corrected chi connectivity index (χ2v) is 6.00. The van der Waals surface area contributed by atoms with Crippen LogP contribution in [0.2, 0.25) is 0 Å². The van der Waals surface area contributed by atoms with Crippen LogP contribution >= 0.6 is 11.3 Å². The largest absolute Gasteiger partial charge is 0.409 e. The van der Waals surface area contributed by atoms with E-state index in [0.29, 0.717) is 17.7 Å². The molecule has 0 spiro atoms. The van der Waals surface area contributed by atoms with Crippen molar-refractivity contribution in [3.8, 4) is 0 Å². The van der Waals surface area contributed by atoms with Crippen molar-refractivity contribution in [1.82, 2.24) is 10.3 Å². The van der Waals surface area contributed by atoms with Gasteiger partial charge in [0.25, 0.3) is 0 Å². The number of nitrogens with one attached hydrogen (secondary N) is 1. The van der Waals surface area contributed by atoms with Crippen LogP contribution in [-0.4, -0.2) is 16.0 Å². The van der Waals surface area contributed by atoms with Gasteiger partial charge in [-0.2, -0.15) is 0 Å². The maximum atomic E-state index is 14.0. The van der Waals surface area contributed by atoms with E-state index in [1.165, 1.54) is 6.07 Å². The smallest absolute Gasteiger partial charge is 0.170 e. The number of rotatable bonds is 5. The van der Waals surface area contributed by atoms with E-state index in [9.17, 15) is 4.39 Å². The lowest BCUT2D eigenvalue weighted by Gasteiger charge is -2.24. The topological polar surface area (TPSA) is 83.5 Å². The minimum Gasteiger partial charge on any atom is -0.409 e. The second kappa shape index (κ2) is 6.19. The first-order valence-corrected chi connectivity index (χ1v) is 7.23. The van der Waals surface area contributed by atoms with Crippen LogP contribution in [-0.2, 0) is 12.1 Å². The molecule has 0 saturated heterocycles. The maximum Gasteiger partial charge on any atom is 0.170 e. The molecule has 1 aromatic heterocycles. The summed E-state index contributed by atoms with van der Waals surface area (Å²) in [7, 11) is 0. The summed E-state index contributed by atoms with van der Waals surface area (Å²) in [6, 6.07) is 4.49. The number of nitrogens with two attached hydrogens (primary N) is 1. The molecule has 0 saturated carbocycles. The maximum absolute atomic E-state index is 14.0. The SMILES string of the molecule is CC(C)(NCc1ccc(/C(N)=N/O)cc1F)c1nccs1. The number of nitrogens with zero attached hydrogens (tertiary/aromatic N) is 2. The standard InChI is InChI=1S/C14H17FN4OS/c1-14(2,13-17-5-6-21-13)18-8-10-4-3-9(7-11(10)15)12(16)19-20/h3-7,18,20H,8H2,1-2H3,(H2,16,19). The van der Waals surface area contributed by atoms with Gasteiger partial charge in [-0.15, -0.1) is 11.3 Å². The van der Waals surface area contributed by atoms with Crippen molar-refractivity contribution in [1.29, 1.82) is 0 Å². The zero-order valence-electron chi connectivity index (χ0n) is 11.8. The van der Waals surface area contributed by atoms with Crippen LogP contribution in [0.1, 0.15) is 30.0 Å². The number of benzene rings is 1. The summed E-state index contributed by atoms with van der Waals surface area (Å²) < 4.78 is 14.0. The normalized spacial score (nSPS) is 12.6. The third-order valence-corrected chi connectivity index (χ3v) is 4.24. The Bertz CT molecular complexity index is 640. The Labute approximate surface area is 126 Å². The van der Waals surface area contributed by atoms with Crippen LogP contribution < -0.4 is 11.1 Å². The average Bonchev–Trinajstić information content (AvgIpc) is 3.00. The molecule has 2 rings (SSSR count). The Morgan fingerprint density at radius 2 is 2.29 bits per heavy atom. The van der Waals surface area contributed by atoms with Crippen LogP contribution in [0.25, 0.3) is 0 Å². The van der Waals surface area contributed by atoms with Gasteiger partial charge in [0.05, 0.1) is 5.54 Å². The molecule has 1 aromatic carbocycles. The first kappa shape index (κ1) is 15.4. The predicted octanol–water partition coefficient (Wildman–Crippen LogP) is 2.40. The molecule has 1 heterocycles. The number of hydrogen-bond acceptors (Lipinski definition) is 5. The summed E-state index contributed by atoms with van der Waals surface area (Å²) in [6.45, 7) is 4.35. The zero-order chi connectivity index (χ0) is 15.5. The fourth-order valence-electron chi connectivity index (χ4n) is 1.83. The van der Waals surface area contributed by atoms with Crippen molar-refractivity contribution in [2.75, 3.05) is 0 Å².